The summed E-state index contributed by atoms with van der Waals surface area (Å²) in [5.41, 5.74) is 38.1. The van der Waals surface area contributed by atoms with Crippen LogP contribution in [0.15, 0.2) is 0 Å². The Morgan fingerprint density at radius 1 is 0.122 bits per heavy atom. The highest BCUT2D eigenvalue weighted by Crippen LogP contribution is 2.25. The minimum Gasteiger partial charge on any atom is -0.258 e. The van der Waals surface area contributed by atoms with E-state index in [0.717, 1.165) is 85.5 Å². The monoisotopic (exact) mass is 1000 g/mol. The van der Waals surface area contributed by atoms with Gasteiger partial charge in [-0.2, -0.15) is 20.4 Å². The average Bonchev–Trinajstić information content (AvgIpc) is 3.35. The van der Waals surface area contributed by atoms with Crippen molar-refractivity contribution in [3.05, 3.63) is 180 Å². The van der Waals surface area contributed by atoms with Gasteiger partial charge in [-0.3, -0.25) is 19.9 Å². The third-order valence-corrected chi connectivity index (χ3v) is 15.9. The van der Waals surface area contributed by atoms with Gasteiger partial charge in [-0.15, -0.1) is 0 Å². The number of pyridine rings is 2. The van der Waals surface area contributed by atoms with E-state index >= 15 is 0 Å². The van der Waals surface area contributed by atoms with Crippen molar-refractivity contribution in [3.63, 3.8) is 0 Å². The van der Waals surface area contributed by atoms with E-state index in [9.17, 15) is 0 Å². The van der Waals surface area contributed by atoms with Crippen LogP contribution >= 0.6 is 0 Å². The zero-order valence-electron chi connectivity index (χ0n) is 52.5. The second-order valence-corrected chi connectivity index (χ2v) is 20.4. The van der Waals surface area contributed by atoms with Crippen molar-refractivity contribution in [1.82, 2.24) is 50.3 Å². The van der Waals surface area contributed by atoms with Gasteiger partial charge in [-0.25, -0.2) is 9.97 Å². The van der Waals surface area contributed by atoms with Gasteiger partial charge in [0.1, 0.15) is 5.82 Å². The van der Waals surface area contributed by atoms with E-state index in [0.29, 0.717) is 0 Å². The molecule has 0 radical (unpaired) electrons. The quantitative estimate of drug-likeness (QED) is 0.145. The van der Waals surface area contributed by atoms with Gasteiger partial charge >= 0.3 is 0 Å². The fraction of sp³-hybridized carbons (Fsp3) is 0.500. The van der Waals surface area contributed by atoms with Gasteiger partial charge in [-0.05, 0) is 316 Å². The smallest absolute Gasteiger partial charge is 0.125 e. The summed E-state index contributed by atoms with van der Waals surface area (Å²) >= 11 is 0. The minimum atomic E-state index is 0.862. The van der Waals surface area contributed by atoms with Crippen molar-refractivity contribution in [2.45, 2.75) is 222 Å². The third kappa shape index (κ3) is 18.0. The van der Waals surface area contributed by atoms with Crippen molar-refractivity contribution in [3.8, 4) is 0 Å². The number of hydrogen-bond donors (Lipinski definition) is 0. The lowest BCUT2D eigenvalue weighted by Crippen LogP contribution is -1.98. The molecule has 0 amide bonds. The molecular weight excluding hydrogens is 909 g/mol. The molecule has 0 saturated carbocycles. The minimum absolute atomic E-state index is 0.862. The maximum atomic E-state index is 4.43. The summed E-state index contributed by atoms with van der Waals surface area (Å²) in [6.07, 6.45) is 0. The molecule has 0 atom stereocenters. The molecule has 74 heavy (non-hydrogen) atoms. The molecule has 1 aromatic carbocycles. The summed E-state index contributed by atoms with van der Waals surface area (Å²) in [6.45, 7) is 66.5. The predicted molar refractivity (Wildman–Crippen MR) is 315 cm³/mol. The van der Waals surface area contributed by atoms with E-state index < -0.39 is 0 Å². The summed E-state index contributed by atoms with van der Waals surface area (Å²) in [5, 5.41) is 16.0. The van der Waals surface area contributed by atoms with Crippen LogP contribution < -0.4 is 0 Å². The van der Waals surface area contributed by atoms with Gasteiger partial charge in [0.25, 0.3) is 0 Å². The van der Waals surface area contributed by atoms with Crippen LogP contribution in [0, 0.1) is 222 Å². The predicted octanol–water partition coefficient (Wildman–Crippen LogP) is 15.6. The molecule has 0 aliphatic carbocycles. The number of aromatic nitrogens is 10. The summed E-state index contributed by atoms with van der Waals surface area (Å²) < 4.78 is 0. The first-order valence-electron chi connectivity index (χ1n) is 26.0. The Balaban J connectivity index is 0.000000432. The molecule has 402 valence electrons. The molecule has 7 rings (SSSR count). The van der Waals surface area contributed by atoms with Crippen LogP contribution in [-0.4, -0.2) is 50.3 Å². The van der Waals surface area contributed by atoms with E-state index in [1.165, 1.54) is 94.6 Å². The summed E-state index contributed by atoms with van der Waals surface area (Å²) in [4.78, 5) is 25.9. The van der Waals surface area contributed by atoms with Crippen LogP contribution in [0.2, 0.25) is 0 Å². The largest absolute Gasteiger partial charge is 0.258 e. The molecule has 10 heteroatoms. The highest BCUT2D eigenvalue weighted by atomic mass is 15.1. The highest BCUT2D eigenvalue weighted by molar-refractivity contribution is 5.48. The topological polar surface area (TPSA) is 129 Å². The summed E-state index contributed by atoms with van der Waals surface area (Å²) in [7, 11) is 0. The van der Waals surface area contributed by atoms with Gasteiger partial charge < -0.3 is 0 Å². The summed E-state index contributed by atoms with van der Waals surface area (Å²) in [6, 6.07) is 0. The van der Waals surface area contributed by atoms with Crippen molar-refractivity contribution in [2.24, 2.45) is 0 Å². The summed E-state index contributed by atoms with van der Waals surface area (Å²) in [5.74, 6) is 0.862. The number of hydrogen-bond acceptors (Lipinski definition) is 10. The normalized spacial score (nSPS) is 10.2. The maximum Gasteiger partial charge on any atom is 0.125 e. The fourth-order valence-corrected chi connectivity index (χ4v) is 7.63. The molecule has 10 nitrogen and oxygen atoms in total. The Morgan fingerprint density at radius 3 is 0.446 bits per heavy atom. The maximum absolute atomic E-state index is 4.43. The van der Waals surface area contributed by atoms with Crippen LogP contribution in [0.4, 0.5) is 0 Å². The van der Waals surface area contributed by atoms with Crippen LogP contribution in [0.25, 0.3) is 0 Å². The van der Waals surface area contributed by atoms with E-state index in [1.807, 2.05) is 83.1 Å². The lowest BCUT2D eigenvalue weighted by Gasteiger charge is -2.15. The second-order valence-electron chi connectivity index (χ2n) is 20.4. The first-order chi connectivity index (χ1) is 34.0. The molecule has 0 saturated heterocycles. The first-order valence-corrected chi connectivity index (χ1v) is 26.0. The Bertz CT molecular complexity index is 2670. The molecule has 7 aromatic rings. The van der Waals surface area contributed by atoms with E-state index in [4.69, 9.17) is 0 Å². The number of benzene rings is 1. The van der Waals surface area contributed by atoms with Gasteiger partial charge in [-0.1, -0.05) is 0 Å². The molecule has 0 N–H and O–H groups in total. The van der Waals surface area contributed by atoms with Crippen LogP contribution in [-0.2, 0) is 0 Å². The Hall–Kier alpha value is -6.16. The lowest BCUT2D eigenvalue weighted by molar-refractivity contribution is 0.905. The Labute approximate surface area is 450 Å². The van der Waals surface area contributed by atoms with Crippen LogP contribution in [0.5, 0.6) is 0 Å². The van der Waals surface area contributed by atoms with Gasteiger partial charge in [0.05, 0.1) is 45.6 Å². The number of nitrogens with zero attached hydrogens (tertiary/aromatic N) is 10. The van der Waals surface area contributed by atoms with E-state index in [1.54, 1.807) is 0 Å². The molecule has 0 aliphatic heterocycles. The molecular formula is C64H96N10. The molecule has 0 fully saturated rings. The highest BCUT2D eigenvalue weighted by Gasteiger charge is 2.09. The van der Waals surface area contributed by atoms with Crippen molar-refractivity contribution < 1.29 is 0 Å². The fourth-order valence-electron chi connectivity index (χ4n) is 7.63. The zero-order valence-corrected chi connectivity index (χ0v) is 52.5. The molecule has 0 spiro atoms. The van der Waals surface area contributed by atoms with E-state index in [-0.39, 0.29) is 0 Å². The average molecular weight is 1010 g/mol. The van der Waals surface area contributed by atoms with E-state index in [2.05, 4.69) is 189 Å². The van der Waals surface area contributed by atoms with Crippen LogP contribution in [0.1, 0.15) is 180 Å². The van der Waals surface area contributed by atoms with Crippen molar-refractivity contribution in [1.29, 1.82) is 0 Å². The van der Waals surface area contributed by atoms with Crippen molar-refractivity contribution >= 4 is 0 Å². The third-order valence-electron chi connectivity index (χ3n) is 15.9. The number of aryl methyl sites for hydroxylation is 15. The van der Waals surface area contributed by atoms with Crippen LogP contribution in [0.3, 0.4) is 0 Å². The first kappa shape index (κ1) is 65.9. The molecule has 0 bridgehead atoms. The molecule has 6 aromatic heterocycles. The Kier molecular flexibility index (Phi) is 25.9. The molecule has 0 unspecified atom stereocenters. The van der Waals surface area contributed by atoms with Gasteiger partial charge in [0.2, 0.25) is 0 Å². The zero-order chi connectivity index (χ0) is 57.5. The standard InChI is InChI=1S/C12H18.2C10H15N.4C8H12N2/c1-7-8(2)10(4)12(6)11(5)9(7)3;2*1-6-7(2)9(4)11-10(5)8(6)3;1-5-6(2)10-8(4)7(3)9-5;1-5-6(2)9-8(4)10-7(5)3;2*1-5-6(2)8(4)10-9-7(5)3/h1-6H3;2*1-5H3;4*1-4H3. The van der Waals surface area contributed by atoms with Gasteiger partial charge in [0, 0.05) is 34.2 Å². The van der Waals surface area contributed by atoms with Crippen molar-refractivity contribution in [2.75, 3.05) is 0 Å². The molecule has 6 heterocycles. The lowest BCUT2D eigenvalue weighted by atomic mass is 9.90. The molecule has 0 aliphatic rings. The Morgan fingerprint density at radius 2 is 0.257 bits per heavy atom. The number of rotatable bonds is 0. The van der Waals surface area contributed by atoms with Gasteiger partial charge in [0.15, 0.2) is 0 Å². The SMILES string of the molecule is Cc1c(C)c(C)c(C)c(C)c1C.Cc1nc(C)c(C)c(C)c1C.Cc1nc(C)c(C)c(C)c1C.Cc1nc(C)c(C)c(C)n1.Cc1nc(C)c(C)nc1C.Cc1nnc(C)c(C)c1C.Cc1nnc(C)c(C)c1C. The second kappa shape index (κ2) is 29.1.